The molecule has 108 valence electrons. The maximum Gasteiger partial charge on any atom is 0.415 e. The van der Waals surface area contributed by atoms with E-state index in [4.69, 9.17) is 5.11 Å². The van der Waals surface area contributed by atoms with Crippen LogP contribution in [-0.4, -0.2) is 52.6 Å². The van der Waals surface area contributed by atoms with E-state index in [-0.39, 0.29) is 12.6 Å². The summed E-state index contributed by atoms with van der Waals surface area (Å²) in [6.07, 6.45) is -3.33. The third-order valence-corrected chi connectivity index (χ3v) is 3.40. The van der Waals surface area contributed by atoms with Crippen LogP contribution < -0.4 is 0 Å². The van der Waals surface area contributed by atoms with Crippen LogP contribution in [0.15, 0.2) is 0 Å². The van der Waals surface area contributed by atoms with Gasteiger partial charge in [0.05, 0.1) is 6.10 Å². The highest BCUT2D eigenvalue weighted by atomic mass is 19.4. The van der Waals surface area contributed by atoms with Gasteiger partial charge in [0.1, 0.15) is 0 Å². The van der Waals surface area contributed by atoms with Crippen molar-refractivity contribution in [3.8, 4) is 0 Å². The van der Waals surface area contributed by atoms with E-state index in [1.54, 1.807) is 11.8 Å². The summed E-state index contributed by atoms with van der Waals surface area (Å²) in [6.45, 7) is 1.81. The van der Waals surface area contributed by atoms with Gasteiger partial charge in [-0.3, -0.25) is 4.90 Å². The molecule has 1 aliphatic heterocycles. The molecule has 6 heteroatoms. The molecule has 3 unspecified atom stereocenters. The molecule has 3 nitrogen and oxygen atoms in total. The SMILES string of the molecule is CC(O)CC1CCCCCN1CC(O)C(F)(F)F. The first-order chi connectivity index (χ1) is 8.30. The molecule has 0 saturated carbocycles. The monoisotopic (exact) mass is 269 g/mol. The average Bonchev–Trinajstić information content (AvgIpc) is 2.42. The van der Waals surface area contributed by atoms with Gasteiger partial charge >= 0.3 is 6.18 Å². The van der Waals surface area contributed by atoms with E-state index in [1.807, 2.05) is 0 Å². The Morgan fingerprint density at radius 1 is 1.22 bits per heavy atom. The van der Waals surface area contributed by atoms with Gasteiger partial charge < -0.3 is 10.2 Å². The molecular formula is C12H22F3NO2. The number of hydrogen-bond acceptors (Lipinski definition) is 3. The second-order valence-corrected chi connectivity index (χ2v) is 5.14. The molecule has 2 N–H and O–H groups in total. The summed E-state index contributed by atoms with van der Waals surface area (Å²) in [7, 11) is 0. The lowest BCUT2D eigenvalue weighted by Gasteiger charge is -2.32. The van der Waals surface area contributed by atoms with Crippen LogP contribution in [0.25, 0.3) is 0 Å². The predicted octanol–water partition coefficient (Wildman–Crippen LogP) is 1.93. The van der Waals surface area contributed by atoms with Crippen molar-refractivity contribution in [1.82, 2.24) is 4.90 Å². The lowest BCUT2D eigenvalue weighted by molar-refractivity contribution is -0.209. The molecular weight excluding hydrogens is 247 g/mol. The lowest BCUT2D eigenvalue weighted by Crippen LogP contribution is -2.46. The van der Waals surface area contributed by atoms with Crippen molar-refractivity contribution in [1.29, 1.82) is 0 Å². The molecule has 1 heterocycles. The van der Waals surface area contributed by atoms with E-state index < -0.39 is 18.4 Å². The van der Waals surface area contributed by atoms with Crippen LogP contribution in [0.5, 0.6) is 0 Å². The van der Waals surface area contributed by atoms with Gasteiger partial charge in [-0.25, -0.2) is 0 Å². The molecule has 0 bridgehead atoms. The van der Waals surface area contributed by atoms with E-state index >= 15 is 0 Å². The topological polar surface area (TPSA) is 43.7 Å². The zero-order chi connectivity index (χ0) is 13.8. The lowest BCUT2D eigenvalue weighted by atomic mass is 10.0. The summed E-state index contributed by atoms with van der Waals surface area (Å²) >= 11 is 0. The summed E-state index contributed by atoms with van der Waals surface area (Å²) in [6, 6.07) is -0.0653. The van der Waals surface area contributed by atoms with Gasteiger partial charge in [0.15, 0.2) is 6.10 Å². The number of alkyl halides is 3. The van der Waals surface area contributed by atoms with Crippen molar-refractivity contribution in [3.63, 3.8) is 0 Å². The van der Waals surface area contributed by atoms with Crippen LogP contribution in [0, 0.1) is 0 Å². The minimum absolute atomic E-state index is 0.0653. The Bertz CT molecular complexity index is 246. The molecule has 0 amide bonds. The fraction of sp³-hybridized carbons (Fsp3) is 1.00. The zero-order valence-electron chi connectivity index (χ0n) is 10.7. The Labute approximate surface area is 106 Å². The highest BCUT2D eigenvalue weighted by Crippen LogP contribution is 2.25. The molecule has 0 aliphatic carbocycles. The normalized spacial score (nSPS) is 26.7. The van der Waals surface area contributed by atoms with Gasteiger partial charge in [0, 0.05) is 12.6 Å². The molecule has 1 fully saturated rings. The summed E-state index contributed by atoms with van der Waals surface area (Å²) in [5, 5.41) is 18.5. The van der Waals surface area contributed by atoms with Gasteiger partial charge in [-0.2, -0.15) is 13.2 Å². The summed E-state index contributed by atoms with van der Waals surface area (Å²) in [5.41, 5.74) is 0. The Morgan fingerprint density at radius 2 is 1.89 bits per heavy atom. The smallest absolute Gasteiger partial charge is 0.393 e. The number of rotatable bonds is 4. The third kappa shape index (κ3) is 5.12. The molecule has 0 aromatic carbocycles. The Balaban J connectivity index is 2.61. The standard InChI is InChI=1S/C12H22F3NO2/c1-9(17)7-10-5-3-2-4-6-16(10)8-11(18)12(13,14)15/h9-11,17-18H,2-8H2,1H3. The van der Waals surface area contributed by atoms with E-state index in [2.05, 4.69) is 0 Å². The predicted molar refractivity (Wildman–Crippen MR) is 62.2 cm³/mol. The van der Waals surface area contributed by atoms with Crippen molar-refractivity contribution < 1.29 is 23.4 Å². The molecule has 0 spiro atoms. The van der Waals surface area contributed by atoms with Gasteiger partial charge in [0.2, 0.25) is 0 Å². The summed E-state index contributed by atoms with van der Waals surface area (Å²) < 4.78 is 37.1. The molecule has 3 atom stereocenters. The molecule has 1 rings (SSSR count). The Hall–Kier alpha value is -0.330. The van der Waals surface area contributed by atoms with E-state index in [0.29, 0.717) is 13.0 Å². The Morgan fingerprint density at radius 3 is 2.44 bits per heavy atom. The highest BCUT2D eigenvalue weighted by molar-refractivity contribution is 4.81. The zero-order valence-corrected chi connectivity index (χ0v) is 10.7. The molecule has 0 aromatic heterocycles. The van der Waals surface area contributed by atoms with Crippen LogP contribution in [0.3, 0.4) is 0 Å². The van der Waals surface area contributed by atoms with Crippen molar-refractivity contribution in [2.75, 3.05) is 13.1 Å². The second-order valence-electron chi connectivity index (χ2n) is 5.14. The van der Waals surface area contributed by atoms with Crippen molar-refractivity contribution >= 4 is 0 Å². The number of halogens is 3. The van der Waals surface area contributed by atoms with Crippen molar-refractivity contribution in [2.45, 2.75) is 63.5 Å². The first kappa shape index (κ1) is 15.7. The molecule has 0 aromatic rings. The molecule has 1 aliphatic rings. The van der Waals surface area contributed by atoms with Crippen LogP contribution in [0.2, 0.25) is 0 Å². The van der Waals surface area contributed by atoms with Crippen LogP contribution in [0.1, 0.15) is 39.0 Å². The number of aliphatic hydroxyl groups is 2. The first-order valence-corrected chi connectivity index (χ1v) is 6.47. The first-order valence-electron chi connectivity index (χ1n) is 6.47. The minimum Gasteiger partial charge on any atom is -0.393 e. The number of β-amino-alcohol motifs (C(OH)–C–C–N with tert-alkyl or cyclic N) is 1. The van der Waals surface area contributed by atoms with E-state index in [1.165, 1.54) is 0 Å². The summed E-state index contributed by atoms with van der Waals surface area (Å²) in [4.78, 5) is 1.68. The molecule has 18 heavy (non-hydrogen) atoms. The largest absolute Gasteiger partial charge is 0.415 e. The number of likely N-dealkylation sites (tertiary alicyclic amines) is 1. The van der Waals surface area contributed by atoms with E-state index in [9.17, 15) is 18.3 Å². The second kappa shape index (κ2) is 6.73. The summed E-state index contributed by atoms with van der Waals surface area (Å²) in [5.74, 6) is 0. The van der Waals surface area contributed by atoms with Crippen LogP contribution >= 0.6 is 0 Å². The highest BCUT2D eigenvalue weighted by Gasteiger charge is 2.40. The van der Waals surface area contributed by atoms with Gasteiger partial charge in [-0.1, -0.05) is 12.8 Å². The fourth-order valence-electron chi connectivity index (χ4n) is 2.46. The third-order valence-electron chi connectivity index (χ3n) is 3.40. The maximum atomic E-state index is 12.4. The van der Waals surface area contributed by atoms with Gasteiger partial charge in [0.25, 0.3) is 0 Å². The quantitative estimate of drug-likeness (QED) is 0.819. The van der Waals surface area contributed by atoms with E-state index in [0.717, 1.165) is 25.7 Å². The number of aliphatic hydroxyl groups excluding tert-OH is 2. The minimum atomic E-state index is -4.57. The van der Waals surface area contributed by atoms with Crippen molar-refractivity contribution in [2.24, 2.45) is 0 Å². The van der Waals surface area contributed by atoms with Gasteiger partial charge in [-0.05, 0) is 32.7 Å². The molecule has 1 saturated heterocycles. The Kier molecular flexibility index (Phi) is 5.88. The van der Waals surface area contributed by atoms with Gasteiger partial charge in [-0.15, -0.1) is 0 Å². The maximum absolute atomic E-state index is 12.4. The van der Waals surface area contributed by atoms with Crippen LogP contribution in [0.4, 0.5) is 13.2 Å². The fourth-order valence-corrected chi connectivity index (χ4v) is 2.46. The number of hydrogen-bond donors (Lipinski definition) is 2. The molecule has 0 radical (unpaired) electrons. The average molecular weight is 269 g/mol. The number of nitrogens with zero attached hydrogens (tertiary/aromatic N) is 1. The van der Waals surface area contributed by atoms with Crippen LogP contribution in [-0.2, 0) is 0 Å². The van der Waals surface area contributed by atoms with Crippen molar-refractivity contribution in [3.05, 3.63) is 0 Å².